The lowest BCUT2D eigenvalue weighted by Gasteiger charge is -2.10. The molecule has 1 saturated carbocycles. The summed E-state index contributed by atoms with van der Waals surface area (Å²) in [7, 11) is 1.53. The van der Waals surface area contributed by atoms with E-state index in [4.69, 9.17) is 26.4 Å². The zero-order valence-electron chi connectivity index (χ0n) is 14.9. The van der Waals surface area contributed by atoms with Gasteiger partial charge >= 0.3 is 5.97 Å². The van der Waals surface area contributed by atoms with Gasteiger partial charge in [-0.2, -0.15) is 14.9 Å². The van der Waals surface area contributed by atoms with Gasteiger partial charge in [0.15, 0.2) is 17.3 Å². The molecule has 0 amide bonds. The summed E-state index contributed by atoms with van der Waals surface area (Å²) in [5.74, 6) is 1.36. The molecule has 2 heterocycles. The average Bonchev–Trinajstić information content (AvgIpc) is 3.27. The molecule has 4 rings (SSSR count). The number of hydrogen-bond donors (Lipinski definition) is 1. The lowest BCUT2D eigenvalue weighted by atomic mass is 10.2. The maximum atomic E-state index is 11.9. The van der Waals surface area contributed by atoms with E-state index in [2.05, 4.69) is 15.3 Å². The summed E-state index contributed by atoms with van der Waals surface area (Å²) in [6.07, 6.45) is 5.22. The summed E-state index contributed by atoms with van der Waals surface area (Å²) < 4.78 is 18.4. The second-order valence-corrected chi connectivity index (χ2v) is 6.94. The van der Waals surface area contributed by atoms with Crippen LogP contribution in [0.4, 0.5) is 0 Å². The normalized spacial score (nSPS) is 19.5. The van der Waals surface area contributed by atoms with Gasteiger partial charge in [-0.3, -0.25) is 9.89 Å². The molecule has 0 radical (unpaired) electrons. The van der Waals surface area contributed by atoms with Crippen molar-refractivity contribution in [1.29, 1.82) is 0 Å². The van der Waals surface area contributed by atoms with E-state index in [0.717, 1.165) is 31.2 Å². The van der Waals surface area contributed by atoms with E-state index in [9.17, 15) is 4.79 Å². The summed E-state index contributed by atoms with van der Waals surface area (Å²) in [5, 5.41) is 11.4. The minimum Gasteiger partial charge on any atom is -0.493 e. The van der Waals surface area contributed by atoms with Gasteiger partial charge in [0, 0.05) is 6.61 Å². The van der Waals surface area contributed by atoms with Crippen LogP contribution < -0.4 is 9.47 Å². The van der Waals surface area contributed by atoms with Gasteiger partial charge in [0.05, 0.1) is 19.2 Å². The summed E-state index contributed by atoms with van der Waals surface area (Å²) in [6.45, 7) is 0.715. The lowest BCUT2D eigenvalue weighted by molar-refractivity contribution is -0.135. The van der Waals surface area contributed by atoms with Gasteiger partial charge in [0.25, 0.3) is 0 Å². The van der Waals surface area contributed by atoms with Crippen LogP contribution in [-0.2, 0) is 9.53 Å². The van der Waals surface area contributed by atoms with Gasteiger partial charge in [0.1, 0.15) is 6.10 Å². The van der Waals surface area contributed by atoms with Gasteiger partial charge in [-0.05, 0) is 61.7 Å². The quantitative estimate of drug-likeness (QED) is 0.354. The molecule has 1 N–H and O–H groups in total. The fraction of sp³-hybridized carbons (Fsp3) is 0.444. The first-order valence-corrected chi connectivity index (χ1v) is 9.29. The first-order valence-electron chi connectivity index (χ1n) is 8.88. The molecule has 1 saturated heterocycles. The van der Waals surface area contributed by atoms with Crippen molar-refractivity contribution in [3.05, 3.63) is 34.4 Å². The fourth-order valence-corrected chi connectivity index (χ4v) is 3.08. The van der Waals surface area contributed by atoms with Crippen molar-refractivity contribution in [2.75, 3.05) is 13.7 Å². The second kappa shape index (κ2) is 7.61. The lowest BCUT2D eigenvalue weighted by Crippen LogP contribution is -2.10. The molecule has 1 aromatic heterocycles. The molecule has 2 aromatic rings. The van der Waals surface area contributed by atoms with Gasteiger partial charge in [-0.1, -0.05) is 0 Å². The zero-order chi connectivity index (χ0) is 18.8. The Labute approximate surface area is 161 Å². The molecule has 1 aromatic carbocycles. The van der Waals surface area contributed by atoms with E-state index in [1.54, 1.807) is 29.1 Å². The van der Waals surface area contributed by atoms with Crippen LogP contribution in [0, 0.1) is 10.7 Å². The molecule has 2 aliphatic rings. The number of ether oxygens (including phenoxy) is 3. The number of aromatic nitrogens is 3. The van der Waals surface area contributed by atoms with Gasteiger partial charge < -0.3 is 14.2 Å². The van der Waals surface area contributed by atoms with Crippen molar-refractivity contribution in [1.82, 2.24) is 14.9 Å². The summed E-state index contributed by atoms with van der Waals surface area (Å²) >= 11 is 5.26. The Kier molecular flexibility index (Phi) is 5.04. The number of hydrogen-bond acceptors (Lipinski definition) is 7. The third-order valence-corrected chi connectivity index (χ3v) is 4.79. The Morgan fingerprint density at radius 1 is 1.41 bits per heavy atom. The highest BCUT2D eigenvalue weighted by Crippen LogP contribution is 2.34. The minimum absolute atomic E-state index is 0.0233. The van der Waals surface area contributed by atoms with E-state index in [1.165, 1.54) is 7.11 Å². The van der Waals surface area contributed by atoms with Crippen molar-refractivity contribution in [2.45, 2.75) is 31.8 Å². The molecule has 1 aliphatic carbocycles. The maximum absolute atomic E-state index is 11.9. The fourth-order valence-electron chi connectivity index (χ4n) is 2.89. The standard InChI is InChI=1S/C18H20N4O4S/c1-24-15-9-11(4-7-13(15)26-17(23)12-5-6-12)10-19-22-16(20-21-18(22)27)14-3-2-8-25-14/h4,7,9-10,12,14H,2-3,5-6,8H2,1H3,(H,21,27)/b19-10-/t14-/m0/s1. The Bertz CT molecular complexity index is 926. The number of carbonyl (C=O) groups is 1. The van der Waals surface area contributed by atoms with E-state index in [0.29, 0.717) is 28.7 Å². The van der Waals surface area contributed by atoms with Crippen LogP contribution in [-0.4, -0.2) is 40.8 Å². The molecular weight excluding hydrogens is 368 g/mol. The number of esters is 1. The predicted octanol–water partition coefficient (Wildman–Crippen LogP) is 3.00. The molecule has 0 bridgehead atoms. The number of H-pyrrole nitrogens is 1. The van der Waals surface area contributed by atoms with Gasteiger partial charge in [-0.25, -0.2) is 0 Å². The number of methoxy groups -OCH3 is 1. The highest BCUT2D eigenvalue weighted by Gasteiger charge is 2.32. The molecule has 8 nitrogen and oxygen atoms in total. The molecule has 1 atom stereocenters. The Morgan fingerprint density at radius 3 is 2.96 bits per heavy atom. The van der Waals surface area contributed by atoms with Crippen LogP contribution >= 0.6 is 12.2 Å². The number of rotatable bonds is 6. The van der Waals surface area contributed by atoms with Crippen molar-refractivity contribution >= 4 is 24.4 Å². The molecular formula is C18H20N4O4S. The number of nitrogens with zero attached hydrogens (tertiary/aromatic N) is 3. The third-order valence-electron chi connectivity index (χ3n) is 4.52. The molecule has 27 heavy (non-hydrogen) atoms. The smallest absolute Gasteiger partial charge is 0.314 e. The largest absolute Gasteiger partial charge is 0.493 e. The van der Waals surface area contributed by atoms with Crippen LogP contribution in [0.25, 0.3) is 0 Å². The monoisotopic (exact) mass is 388 g/mol. The van der Waals surface area contributed by atoms with E-state index < -0.39 is 0 Å². The molecule has 1 aliphatic heterocycles. The number of carbonyl (C=O) groups excluding carboxylic acids is 1. The van der Waals surface area contributed by atoms with E-state index in [1.807, 2.05) is 0 Å². The van der Waals surface area contributed by atoms with Crippen LogP contribution in [0.5, 0.6) is 11.5 Å². The minimum atomic E-state index is -0.208. The molecule has 142 valence electrons. The Balaban J connectivity index is 1.55. The first-order chi connectivity index (χ1) is 13.2. The van der Waals surface area contributed by atoms with Crippen molar-refractivity contribution in [3.63, 3.8) is 0 Å². The van der Waals surface area contributed by atoms with Crippen LogP contribution in [0.2, 0.25) is 0 Å². The van der Waals surface area contributed by atoms with Crippen molar-refractivity contribution < 1.29 is 19.0 Å². The first kappa shape index (κ1) is 17.9. The SMILES string of the molecule is COc1cc(/C=N\n2c([C@@H]3CCCO3)n[nH]c2=S)ccc1OC(=O)C1CC1. The Hall–Kier alpha value is -2.52. The summed E-state index contributed by atoms with van der Waals surface area (Å²) in [5.41, 5.74) is 0.777. The van der Waals surface area contributed by atoms with Crippen LogP contribution in [0.3, 0.4) is 0 Å². The van der Waals surface area contributed by atoms with E-state index in [-0.39, 0.29) is 18.0 Å². The summed E-state index contributed by atoms with van der Waals surface area (Å²) in [4.78, 5) is 11.9. The predicted molar refractivity (Wildman–Crippen MR) is 99.7 cm³/mol. The molecule has 0 unspecified atom stereocenters. The van der Waals surface area contributed by atoms with Crippen molar-refractivity contribution in [3.8, 4) is 11.5 Å². The molecule has 9 heteroatoms. The third kappa shape index (κ3) is 3.93. The van der Waals surface area contributed by atoms with E-state index >= 15 is 0 Å². The highest BCUT2D eigenvalue weighted by atomic mass is 32.1. The Morgan fingerprint density at radius 2 is 2.26 bits per heavy atom. The number of aromatic amines is 1. The maximum Gasteiger partial charge on any atom is 0.314 e. The van der Waals surface area contributed by atoms with Crippen LogP contribution in [0.1, 0.15) is 43.2 Å². The second-order valence-electron chi connectivity index (χ2n) is 6.55. The van der Waals surface area contributed by atoms with Crippen molar-refractivity contribution in [2.24, 2.45) is 11.0 Å². The zero-order valence-corrected chi connectivity index (χ0v) is 15.7. The average molecular weight is 388 g/mol. The number of benzene rings is 1. The van der Waals surface area contributed by atoms with Crippen LogP contribution in [0.15, 0.2) is 23.3 Å². The highest BCUT2D eigenvalue weighted by molar-refractivity contribution is 7.71. The molecule has 2 fully saturated rings. The van der Waals surface area contributed by atoms with Gasteiger partial charge in [-0.15, -0.1) is 0 Å². The molecule has 0 spiro atoms. The van der Waals surface area contributed by atoms with Gasteiger partial charge in [0.2, 0.25) is 4.77 Å². The number of nitrogens with one attached hydrogen (secondary N) is 1. The summed E-state index contributed by atoms with van der Waals surface area (Å²) in [6, 6.07) is 5.27. The topological polar surface area (TPSA) is 90.7 Å².